The summed E-state index contributed by atoms with van der Waals surface area (Å²) in [6, 6.07) is 1.78. The summed E-state index contributed by atoms with van der Waals surface area (Å²) in [5, 5.41) is 6.90. The number of hydrogen-bond acceptors (Lipinski definition) is 3. The van der Waals surface area contributed by atoms with Crippen LogP contribution in [0.5, 0.6) is 0 Å². The van der Waals surface area contributed by atoms with Gasteiger partial charge in [0, 0.05) is 32.5 Å². The van der Waals surface area contributed by atoms with Crippen LogP contribution in [0.25, 0.3) is 0 Å². The molecule has 1 aromatic heterocycles. The lowest BCUT2D eigenvalue weighted by atomic mass is 10.3. The summed E-state index contributed by atoms with van der Waals surface area (Å²) in [5.74, 6) is -0.125. The van der Waals surface area contributed by atoms with Gasteiger partial charge in [-0.3, -0.25) is 9.48 Å². The van der Waals surface area contributed by atoms with Crippen molar-refractivity contribution >= 4 is 5.91 Å². The van der Waals surface area contributed by atoms with E-state index in [0.717, 1.165) is 12.1 Å². The second kappa shape index (κ2) is 6.27. The molecule has 1 rings (SSSR count). The number of ether oxygens (including phenoxy) is 1. The van der Waals surface area contributed by atoms with Gasteiger partial charge in [-0.15, -0.1) is 0 Å². The van der Waals surface area contributed by atoms with Crippen LogP contribution >= 0.6 is 0 Å². The van der Waals surface area contributed by atoms with Gasteiger partial charge in [0.05, 0.1) is 0 Å². The quantitative estimate of drug-likeness (QED) is 0.731. The lowest BCUT2D eigenvalue weighted by Gasteiger charge is -2.02. The van der Waals surface area contributed by atoms with E-state index in [9.17, 15) is 4.79 Å². The molecule has 0 unspecified atom stereocenters. The Bertz CT molecular complexity index is 327. The summed E-state index contributed by atoms with van der Waals surface area (Å²) in [5.41, 5.74) is 1.44. The Morgan fingerprint density at radius 2 is 2.38 bits per heavy atom. The van der Waals surface area contributed by atoms with Crippen LogP contribution in [0.4, 0.5) is 0 Å². The third kappa shape index (κ3) is 3.66. The number of nitrogens with zero attached hydrogens (tertiary/aromatic N) is 2. The van der Waals surface area contributed by atoms with E-state index in [1.807, 2.05) is 20.9 Å². The molecule has 0 fully saturated rings. The maximum atomic E-state index is 11.6. The van der Waals surface area contributed by atoms with Gasteiger partial charge in [0.2, 0.25) is 0 Å². The third-order valence-electron chi connectivity index (χ3n) is 2.30. The molecule has 0 saturated heterocycles. The van der Waals surface area contributed by atoms with Crippen molar-refractivity contribution in [2.45, 2.75) is 20.3 Å². The fraction of sp³-hybridized carbons (Fsp3) is 0.636. The van der Waals surface area contributed by atoms with E-state index < -0.39 is 0 Å². The van der Waals surface area contributed by atoms with Crippen molar-refractivity contribution in [3.05, 3.63) is 17.5 Å². The topological polar surface area (TPSA) is 56.1 Å². The van der Waals surface area contributed by atoms with E-state index in [2.05, 4.69) is 10.4 Å². The predicted molar refractivity (Wildman–Crippen MR) is 61.4 cm³/mol. The molecule has 90 valence electrons. The molecule has 0 aliphatic carbocycles. The van der Waals surface area contributed by atoms with Crippen LogP contribution in [-0.2, 0) is 11.8 Å². The van der Waals surface area contributed by atoms with Crippen LogP contribution in [0.1, 0.15) is 29.5 Å². The van der Waals surface area contributed by atoms with E-state index in [1.165, 1.54) is 0 Å². The fourth-order valence-corrected chi connectivity index (χ4v) is 1.28. The summed E-state index contributed by atoms with van der Waals surface area (Å²) < 4.78 is 6.86. The summed E-state index contributed by atoms with van der Waals surface area (Å²) in [6.45, 7) is 5.88. The molecule has 0 aliphatic heterocycles. The van der Waals surface area contributed by atoms with Gasteiger partial charge < -0.3 is 10.1 Å². The predicted octanol–water partition coefficient (Wildman–Crippen LogP) is 0.885. The van der Waals surface area contributed by atoms with Crippen molar-refractivity contribution in [3.8, 4) is 0 Å². The van der Waals surface area contributed by atoms with Gasteiger partial charge in [-0.1, -0.05) is 0 Å². The number of hydrogen-bond donors (Lipinski definition) is 1. The molecule has 0 aliphatic rings. The molecule has 1 N–H and O–H groups in total. The van der Waals surface area contributed by atoms with Crippen molar-refractivity contribution in [2.75, 3.05) is 19.8 Å². The molecular formula is C11H19N3O2. The molecule has 1 aromatic rings. The largest absolute Gasteiger partial charge is 0.382 e. The number of aromatic nitrogens is 2. The van der Waals surface area contributed by atoms with Crippen molar-refractivity contribution in [1.82, 2.24) is 15.1 Å². The second-order valence-corrected chi connectivity index (χ2v) is 3.60. The van der Waals surface area contributed by atoms with Crippen LogP contribution in [-0.4, -0.2) is 35.4 Å². The smallest absolute Gasteiger partial charge is 0.271 e. The normalized spacial score (nSPS) is 10.4. The summed E-state index contributed by atoms with van der Waals surface area (Å²) in [4.78, 5) is 11.6. The highest BCUT2D eigenvalue weighted by Gasteiger charge is 2.09. The van der Waals surface area contributed by atoms with Crippen LogP contribution in [0.3, 0.4) is 0 Å². The molecule has 0 saturated carbocycles. The monoisotopic (exact) mass is 225 g/mol. The minimum absolute atomic E-state index is 0.125. The number of amides is 1. The number of aryl methyl sites for hydroxylation is 2. The highest BCUT2D eigenvalue weighted by Crippen LogP contribution is 2.00. The van der Waals surface area contributed by atoms with E-state index in [4.69, 9.17) is 4.74 Å². The van der Waals surface area contributed by atoms with Crippen molar-refractivity contribution in [1.29, 1.82) is 0 Å². The van der Waals surface area contributed by atoms with Gasteiger partial charge >= 0.3 is 0 Å². The van der Waals surface area contributed by atoms with E-state index in [0.29, 0.717) is 25.5 Å². The number of carbonyl (C=O) groups is 1. The first kappa shape index (κ1) is 12.7. The zero-order valence-corrected chi connectivity index (χ0v) is 10.1. The number of rotatable bonds is 6. The van der Waals surface area contributed by atoms with Crippen LogP contribution in [0.15, 0.2) is 6.07 Å². The van der Waals surface area contributed by atoms with Crippen LogP contribution in [0, 0.1) is 6.92 Å². The molecule has 0 atom stereocenters. The van der Waals surface area contributed by atoms with E-state index in [1.54, 1.807) is 10.7 Å². The Balaban J connectivity index is 2.30. The van der Waals surface area contributed by atoms with Crippen molar-refractivity contribution in [2.24, 2.45) is 7.05 Å². The molecule has 1 heterocycles. The van der Waals surface area contributed by atoms with Crippen molar-refractivity contribution < 1.29 is 9.53 Å². The first-order valence-corrected chi connectivity index (χ1v) is 5.51. The molecule has 5 nitrogen and oxygen atoms in total. The summed E-state index contributed by atoms with van der Waals surface area (Å²) in [7, 11) is 1.82. The van der Waals surface area contributed by atoms with Crippen LogP contribution in [0.2, 0.25) is 0 Å². The molecule has 16 heavy (non-hydrogen) atoms. The first-order valence-electron chi connectivity index (χ1n) is 5.51. The average Bonchev–Trinajstić information content (AvgIpc) is 2.59. The molecule has 0 bridgehead atoms. The Kier molecular flexibility index (Phi) is 4.98. The van der Waals surface area contributed by atoms with E-state index in [-0.39, 0.29) is 5.91 Å². The fourth-order valence-electron chi connectivity index (χ4n) is 1.28. The first-order chi connectivity index (χ1) is 7.65. The Hall–Kier alpha value is -1.36. The van der Waals surface area contributed by atoms with E-state index >= 15 is 0 Å². The van der Waals surface area contributed by atoms with Gasteiger partial charge in [0.25, 0.3) is 5.91 Å². The lowest BCUT2D eigenvalue weighted by molar-refractivity contribution is 0.0938. The minimum atomic E-state index is -0.125. The number of nitrogens with one attached hydrogen (secondary N) is 1. The van der Waals surface area contributed by atoms with Crippen molar-refractivity contribution in [3.63, 3.8) is 0 Å². The number of carbonyl (C=O) groups excluding carboxylic acids is 1. The second-order valence-electron chi connectivity index (χ2n) is 3.60. The average molecular weight is 225 g/mol. The molecular weight excluding hydrogens is 206 g/mol. The maximum Gasteiger partial charge on any atom is 0.271 e. The molecule has 1 amide bonds. The summed E-state index contributed by atoms with van der Waals surface area (Å²) in [6.07, 6.45) is 0.825. The van der Waals surface area contributed by atoms with Gasteiger partial charge in [-0.25, -0.2) is 0 Å². The SMILES string of the molecule is CCOCCCNC(=O)c1cc(C)n(C)n1. The molecule has 0 aromatic carbocycles. The van der Waals surface area contributed by atoms with Gasteiger partial charge in [-0.2, -0.15) is 5.10 Å². The lowest BCUT2D eigenvalue weighted by Crippen LogP contribution is -2.25. The summed E-state index contributed by atoms with van der Waals surface area (Å²) >= 11 is 0. The zero-order valence-electron chi connectivity index (χ0n) is 10.1. The molecule has 0 radical (unpaired) electrons. The Morgan fingerprint density at radius 3 is 2.94 bits per heavy atom. The van der Waals surface area contributed by atoms with Gasteiger partial charge in [0.1, 0.15) is 5.69 Å². The Morgan fingerprint density at radius 1 is 1.62 bits per heavy atom. The van der Waals surface area contributed by atoms with Gasteiger partial charge in [0.15, 0.2) is 0 Å². The maximum absolute atomic E-state index is 11.6. The minimum Gasteiger partial charge on any atom is -0.382 e. The highest BCUT2D eigenvalue weighted by atomic mass is 16.5. The molecule has 5 heteroatoms. The van der Waals surface area contributed by atoms with Gasteiger partial charge in [-0.05, 0) is 26.3 Å². The highest BCUT2D eigenvalue weighted by molar-refractivity contribution is 5.92. The zero-order chi connectivity index (χ0) is 12.0. The standard InChI is InChI=1S/C11H19N3O2/c1-4-16-7-5-6-12-11(15)10-8-9(2)14(3)13-10/h8H,4-7H2,1-3H3,(H,12,15). The van der Waals surface area contributed by atoms with Crippen LogP contribution < -0.4 is 5.32 Å². The third-order valence-corrected chi connectivity index (χ3v) is 2.30. The molecule has 0 spiro atoms. The Labute approximate surface area is 95.8 Å².